The molecule has 24 heavy (non-hydrogen) atoms. The summed E-state index contributed by atoms with van der Waals surface area (Å²) in [6.07, 6.45) is 0. The molecule has 1 aromatic heterocycles. The minimum absolute atomic E-state index is 0.214. The summed E-state index contributed by atoms with van der Waals surface area (Å²) in [5, 5.41) is 5.81. The summed E-state index contributed by atoms with van der Waals surface area (Å²) >= 11 is 0. The number of ether oxygens (including phenoxy) is 3. The number of rotatable bonds is 6. The summed E-state index contributed by atoms with van der Waals surface area (Å²) in [5.41, 5.74) is 1.72. The highest BCUT2D eigenvalue weighted by Gasteiger charge is 2.14. The molecule has 0 atom stereocenters. The largest absolute Gasteiger partial charge is 0.454 e. The van der Waals surface area contributed by atoms with E-state index in [9.17, 15) is 4.79 Å². The fourth-order valence-electron chi connectivity index (χ4n) is 2.20. The van der Waals surface area contributed by atoms with Crippen LogP contribution in [0.4, 0.5) is 11.6 Å². The lowest BCUT2D eigenvalue weighted by Gasteiger charge is -2.09. The van der Waals surface area contributed by atoms with Gasteiger partial charge in [-0.25, -0.2) is 9.97 Å². The van der Waals surface area contributed by atoms with Gasteiger partial charge in [-0.1, -0.05) is 0 Å². The van der Waals surface area contributed by atoms with Gasteiger partial charge in [0, 0.05) is 31.1 Å². The number of aromatic nitrogens is 2. The van der Waals surface area contributed by atoms with Crippen LogP contribution in [-0.2, 0) is 4.74 Å². The number of anilines is 2. The highest BCUT2D eigenvalue weighted by molar-refractivity contribution is 5.92. The first kappa shape index (κ1) is 16.0. The quantitative estimate of drug-likeness (QED) is 0.777. The number of hydrogen-bond donors (Lipinski definition) is 2. The van der Waals surface area contributed by atoms with Crippen molar-refractivity contribution in [3.63, 3.8) is 0 Å². The number of aryl methyl sites for hydroxylation is 1. The molecule has 2 aromatic rings. The number of carbonyl (C=O) groups excluding carboxylic acids is 1. The Bertz CT molecular complexity index is 751. The first-order valence-electron chi connectivity index (χ1n) is 7.45. The van der Waals surface area contributed by atoms with Gasteiger partial charge in [0.05, 0.1) is 6.61 Å². The van der Waals surface area contributed by atoms with Crippen LogP contribution >= 0.6 is 0 Å². The van der Waals surface area contributed by atoms with Crippen molar-refractivity contribution in [3.05, 3.63) is 35.7 Å². The van der Waals surface area contributed by atoms with E-state index in [1.165, 1.54) is 0 Å². The maximum Gasteiger partial charge on any atom is 0.270 e. The molecule has 0 unspecified atom stereocenters. The number of nitrogens with zero attached hydrogens (tertiary/aromatic N) is 2. The Morgan fingerprint density at radius 1 is 1.25 bits per heavy atom. The molecule has 0 saturated heterocycles. The Morgan fingerprint density at radius 2 is 2.08 bits per heavy atom. The summed E-state index contributed by atoms with van der Waals surface area (Å²) in [4.78, 5) is 20.7. The van der Waals surface area contributed by atoms with Gasteiger partial charge >= 0.3 is 0 Å². The van der Waals surface area contributed by atoms with Crippen LogP contribution < -0.4 is 20.1 Å². The molecule has 2 heterocycles. The Labute approximate surface area is 139 Å². The number of amides is 1. The standard InChI is InChI=1S/C16H18N4O4/c1-10-7-12(15(21)17-5-6-22-2)20-16(18-10)19-11-3-4-13-14(8-11)24-9-23-13/h3-4,7-8H,5-6,9H2,1-2H3,(H,17,21)(H,18,19,20). The van der Waals surface area contributed by atoms with E-state index in [4.69, 9.17) is 14.2 Å². The molecule has 0 saturated carbocycles. The molecule has 126 valence electrons. The van der Waals surface area contributed by atoms with Gasteiger partial charge in [0.1, 0.15) is 5.69 Å². The first-order valence-corrected chi connectivity index (χ1v) is 7.45. The molecule has 1 aromatic carbocycles. The molecule has 8 nitrogen and oxygen atoms in total. The fourth-order valence-corrected chi connectivity index (χ4v) is 2.20. The zero-order valence-corrected chi connectivity index (χ0v) is 13.5. The molecule has 0 spiro atoms. The van der Waals surface area contributed by atoms with Crippen LogP contribution in [0.5, 0.6) is 11.5 Å². The van der Waals surface area contributed by atoms with Gasteiger partial charge in [-0.05, 0) is 25.1 Å². The molecule has 1 amide bonds. The predicted molar refractivity (Wildman–Crippen MR) is 86.8 cm³/mol. The summed E-state index contributed by atoms with van der Waals surface area (Å²) in [5.74, 6) is 1.42. The second kappa shape index (κ2) is 7.14. The topological polar surface area (TPSA) is 94.6 Å². The maximum atomic E-state index is 12.1. The highest BCUT2D eigenvalue weighted by atomic mass is 16.7. The summed E-state index contributed by atoms with van der Waals surface area (Å²) in [6, 6.07) is 7.07. The van der Waals surface area contributed by atoms with Crippen molar-refractivity contribution < 1.29 is 19.0 Å². The van der Waals surface area contributed by atoms with E-state index in [2.05, 4.69) is 20.6 Å². The zero-order valence-electron chi connectivity index (χ0n) is 13.5. The third-order valence-electron chi connectivity index (χ3n) is 3.31. The van der Waals surface area contributed by atoms with Crippen LogP contribution in [0.1, 0.15) is 16.2 Å². The van der Waals surface area contributed by atoms with E-state index in [1.54, 1.807) is 32.2 Å². The van der Waals surface area contributed by atoms with Gasteiger partial charge in [-0.15, -0.1) is 0 Å². The molecule has 1 aliphatic heterocycles. The van der Waals surface area contributed by atoms with Crippen molar-refractivity contribution in [2.75, 3.05) is 32.4 Å². The van der Waals surface area contributed by atoms with Gasteiger partial charge in [0.25, 0.3) is 5.91 Å². The van der Waals surface area contributed by atoms with E-state index in [1.807, 2.05) is 6.07 Å². The number of fused-ring (bicyclic) bond motifs is 1. The van der Waals surface area contributed by atoms with Crippen molar-refractivity contribution in [2.45, 2.75) is 6.92 Å². The van der Waals surface area contributed by atoms with Crippen LogP contribution in [0.25, 0.3) is 0 Å². The molecule has 0 aliphatic carbocycles. The van der Waals surface area contributed by atoms with Crippen LogP contribution in [0.2, 0.25) is 0 Å². The summed E-state index contributed by atoms with van der Waals surface area (Å²) in [7, 11) is 1.58. The summed E-state index contributed by atoms with van der Waals surface area (Å²) < 4.78 is 15.5. The Hall–Kier alpha value is -2.87. The second-order valence-electron chi connectivity index (χ2n) is 5.16. The van der Waals surface area contributed by atoms with Crippen LogP contribution in [-0.4, -0.2) is 42.9 Å². The number of methoxy groups -OCH3 is 1. The molecular weight excluding hydrogens is 312 g/mol. The average molecular weight is 330 g/mol. The van der Waals surface area contributed by atoms with Crippen molar-refractivity contribution in [1.82, 2.24) is 15.3 Å². The van der Waals surface area contributed by atoms with E-state index < -0.39 is 0 Å². The SMILES string of the molecule is COCCNC(=O)c1cc(C)nc(Nc2ccc3c(c2)OCO3)n1. The van der Waals surface area contributed by atoms with Crippen molar-refractivity contribution in [1.29, 1.82) is 0 Å². The lowest BCUT2D eigenvalue weighted by Crippen LogP contribution is -2.28. The summed E-state index contributed by atoms with van der Waals surface area (Å²) in [6.45, 7) is 2.88. The second-order valence-corrected chi connectivity index (χ2v) is 5.16. The van der Waals surface area contributed by atoms with Gasteiger partial charge in [0.2, 0.25) is 12.7 Å². The average Bonchev–Trinajstić information content (AvgIpc) is 3.02. The zero-order chi connectivity index (χ0) is 16.9. The lowest BCUT2D eigenvalue weighted by atomic mass is 10.3. The van der Waals surface area contributed by atoms with Crippen molar-refractivity contribution in [3.8, 4) is 11.5 Å². The van der Waals surface area contributed by atoms with Crippen molar-refractivity contribution in [2.24, 2.45) is 0 Å². The van der Waals surface area contributed by atoms with Crippen LogP contribution in [0, 0.1) is 6.92 Å². The van der Waals surface area contributed by atoms with Crippen LogP contribution in [0.3, 0.4) is 0 Å². The fraction of sp³-hybridized carbons (Fsp3) is 0.312. The molecule has 0 radical (unpaired) electrons. The Balaban J connectivity index is 1.75. The van der Waals surface area contributed by atoms with Crippen LogP contribution in [0.15, 0.2) is 24.3 Å². The molecule has 8 heteroatoms. The number of nitrogens with one attached hydrogen (secondary N) is 2. The molecule has 2 N–H and O–H groups in total. The number of benzene rings is 1. The van der Waals surface area contributed by atoms with Gasteiger partial charge in [-0.3, -0.25) is 4.79 Å². The Morgan fingerprint density at radius 3 is 2.92 bits per heavy atom. The molecule has 3 rings (SSSR count). The van der Waals surface area contributed by atoms with Gasteiger partial charge in [-0.2, -0.15) is 0 Å². The molecule has 1 aliphatic rings. The van der Waals surface area contributed by atoms with Gasteiger partial charge in [0.15, 0.2) is 11.5 Å². The molecule has 0 bridgehead atoms. The normalized spacial score (nSPS) is 12.1. The van der Waals surface area contributed by atoms with E-state index >= 15 is 0 Å². The van der Waals surface area contributed by atoms with Crippen molar-refractivity contribution >= 4 is 17.5 Å². The lowest BCUT2D eigenvalue weighted by molar-refractivity contribution is 0.0932. The third-order valence-corrected chi connectivity index (χ3v) is 3.31. The van der Waals surface area contributed by atoms with E-state index in [-0.39, 0.29) is 12.7 Å². The van der Waals surface area contributed by atoms with E-state index in [0.29, 0.717) is 42.0 Å². The number of carbonyl (C=O) groups is 1. The first-order chi connectivity index (χ1) is 11.7. The minimum atomic E-state index is -0.272. The maximum absolute atomic E-state index is 12.1. The minimum Gasteiger partial charge on any atom is -0.454 e. The third kappa shape index (κ3) is 3.72. The van der Waals surface area contributed by atoms with E-state index in [0.717, 1.165) is 5.69 Å². The number of hydrogen-bond acceptors (Lipinski definition) is 7. The predicted octanol–water partition coefficient (Wildman–Crippen LogP) is 1.63. The Kier molecular flexibility index (Phi) is 4.76. The highest BCUT2D eigenvalue weighted by Crippen LogP contribution is 2.34. The molecule has 0 fully saturated rings. The molecular formula is C16H18N4O4. The van der Waals surface area contributed by atoms with Gasteiger partial charge < -0.3 is 24.8 Å². The monoisotopic (exact) mass is 330 g/mol. The smallest absolute Gasteiger partial charge is 0.270 e.